The van der Waals surface area contributed by atoms with Crippen LogP contribution in [0.15, 0.2) is 18.2 Å². The Morgan fingerprint density at radius 2 is 2.00 bits per heavy atom. The molecule has 1 heterocycles. The van der Waals surface area contributed by atoms with Crippen molar-refractivity contribution in [2.45, 2.75) is 45.2 Å². The molecular formula is C14H20ClN3O. The number of nitrogens with one attached hydrogen (secondary N) is 1. The van der Waals surface area contributed by atoms with Crippen LogP contribution in [0.25, 0.3) is 0 Å². The third-order valence-electron chi connectivity index (χ3n) is 3.72. The normalized spacial score (nSPS) is 24.2. The summed E-state index contributed by atoms with van der Waals surface area (Å²) in [6.07, 6.45) is 3.39. The van der Waals surface area contributed by atoms with Crippen molar-refractivity contribution >= 4 is 23.2 Å². The highest BCUT2D eigenvalue weighted by molar-refractivity contribution is 6.33. The van der Waals surface area contributed by atoms with Crippen LogP contribution in [0, 0.1) is 0 Å². The first kappa shape index (κ1) is 14.2. The van der Waals surface area contributed by atoms with E-state index in [1.54, 1.807) is 18.2 Å². The lowest BCUT2D eigenvalue weighted by Crippen LogP contribution is -2.54. The van der Waals surface area contributed by atoms with Gasteiger partial charge in [0.05, 0.1) is 16.3 Å². The van der Waals surface area contributed by atoms with Crippen LogP contribution in [0.5, 0.6) is 0 Å². The fourth-order valence-electron chi connectivity index (χ4n) is 2.55. The topological polar surface area (TPSA) is 58.4 Å². The third-order valence-corrected chi connectivity index (χ3v) is 4.05. The van der Waals surface area contributed by atoms with Crippen molar-refractivity contribution in [1.29, 1.82) is 0 Å². The predicted molar refractivity (Wildman–Crippen MR) is 77.9 cm³/mol. The number of nitrogen functional groups attached to an aromatic ring is 1. The van der Waals surface area contributed by atoms with Gasteiger partial charge in [-0.3, -0.25) is 10.2 Å². The summed E-state index contributed by atoms with van der Waals surface area (Å²) in [7, 11) is 0. The van der Waals surface area contributed by atoms with E-state index in [0.29, 0.717) is 28.4 Å². The lowest BCUT2D eigenvalue weighted by Gasteiger charge is -2.38. The van der Waals surface area contributed by atoms with E-state index in [-0.39, 0.29) is 5.91 Å². The van der Waals surface area contributed by atoms with Crippen LogP contribution in [0.3, 0.4) is 0 Å². The van der Waals surface area contributed by atoms with Gasteiger partial charge in [-0.25, -0.2) is 5.01 Å². The zero-order chi connectivity index (χ0) is 14.0. The van der Waals surface area contributed by atoms with Crippen molar-refractivity contribution in [2.75, 3.05) is 5.73 Å². The molecule has 1 amide bonds. The number of piperidine rings is 1. The first-order chi connectivity index (χ1) is 9.00. The van der Waals surface area contributed by atoms with Gasteiger partial charge in [0.1, 0.15) is 0 Å². The number of para-hydroxylation sites is 1. The summed E-state index contributed by atoms with van der Waals surface area (Å²) < 4.78 is 0. The number of halogens is 1. The fourth-order valence-corrected chi connectivity index (χ4v) is 2.73. The number of hydrogen-bond acceptors (Lipinski definition) is 3. The van der Waals surface area contributed by atoms with Crippen LogP contribution in [0.2, 0.25) is 5.02 Å². The van der Waals surface area contributed by atoms with Crippen molar-refractivity contribution in [3.05, 3.63) is 28.8 Å². The Bertz CT molecular complexity index is 468. The third kappa shape index (κ3) is 3.01. The molecule has 1 aliphatic rings. The van der Waals surface area contributed by atoms with Gasteiger partial charge in [0, 0.05) is 12.1 Å². The molecule has 0 aliphatic carbocycles. The molecule has 4 nitrogen and oxygen atoms in total. The minimum Gasteiger partial charge on any atom is -0.397 e. The van der Waals surface area contributed by atoms with E-state index in [9.17, 15) is 4.79 Å². The molecule has 1 aliphatic heterocycles. The van der Waals surface area contributed by atoms with E-state index in [1.165, 1.54) is 6.42 Å². The van der Waals surface area contributed by atoms with E-state index >= 15 is 0 Å². The van der Waals surface area contributed by atoms with Gasteiger partial charge in [0.2, 0.25) is 0 Å². The Kier molecular flexibility index (Phi) is 4.32. The second kappa shape index (κ2) is 5.80. The minimum absolute atomic E-state index is 0.194. The monoisotopic (exact) mass is 281 g/mol. The van der Waals surface area contributed by atoms with Gasteiger partial charge >= 0.3 is 0 Å². The Morgan fingerprint density at radius 1 is 1.37 bits per heavy atom. The molecular weight excluding hydrogens is 262 g/mol. The van der Waals surface area contributed by atoms with Crippen LogP contribution >= 0.6 is 11.6 Å². The molecule has 2 rings (SSSR count). The zero-order valence-electron chi connectivity index (χ0n) is 11.3. The summed E-state index contributed by atoms with van der Waals surface area (Å²) in [5.74, 6) is -0.194. The van der Waals surface area contributed by atoms with Gasteiger partial charge in [-0.05, 0) is 38.8 Å². The number of hydrogen-bond donors (Lipinski definition) is 2. The highest BCUT2D eigenvalue weighted by atomic mass is 35.5. The van der Waals surface area contributed by atoms with Crippen LogP contribution in [-0.4, -0.2) is 23.0 Å². The van der Waals surface area contributed by atoms with Crippen LogP contribution in [0.1, 0.15) is 43.5 Å². The largest absolute Gasteiger partial charge is 0.397 e. The molecule has 0 aromatic heterocycles. The van der Waals surface area contributed by atoms with Gasteiger partial charge in [-0.15, -0.1) is 0 Å². The van der Waals surface area contributed by atoms with Crippen molar-refractivity contribution < 1.29 is 4.79 Å². The molecule has 1 saturated heterocycles. The first-order valence-electron chi connectivity index (χ1n) is 6.64. The lowest BCUT2D eigenvalue weighted by atomic mass is 10.00. The first-order valence-corrected chi connectivity index (χ1v) is 7.01. The molecule has 19 heavy (non-hydrogen) atoms. The van der Waals surface area contributed by atoms with Gasteiger partial charge in [-0.1, -0.05) is 24.1 Å². The summed E-state index contributed by atoms with van der Waals surface area (Å²) in [6.45, 7) is 4.24. The maximum Gasteiger partial charge on any atom is 0.267 e. The molecule has 3 N–H and O–H groups in total. The fraction of sp³-hybridized carbons (Fsp3) is 0.500. The Morgan fingerprint density at radius 3 is 2.63 bits per heavy atom. The number of hydrazine groups is 1. The van der Waals surface area contributed by atoms with Crippen molar-refractivity contribution in [3.63, 3.8) is 0 Å². The second-order valence-electron chi connectivity index (χ2n) is 5.18. The van der Waals surface area contributed by atoms with E-state index in [4.69, 9.17) is 17.3 Å². The number of amides is 1. The van der Waals surface area contributed by atoms with Crippen molar-refractivity contribution in [1.82, 2.24) is 10.4 Å². The molecule has 104 valence electrons. The molecule has 0 saturated carbocycles. The Labute approximate surface area is 118 Å². The van der Waals surface area contributed by atoms with Crippen LogP contribution < -0.4 is 11.2 Å². The summed E-state index contributed by atoms with van der Waals surface area (Å²) in [6, 6.07) is 5.79. The van der Waals surface area contributed by atoms with Gasteiger partial charge in [-0.2, -0.15) is 0 Å². The standard InChI is InChI=1S/C14H20ClN3O/c1-9-5-3-6-10(2)18(9)17-14(19)11-7-4-8-12(15)13(11)16/h4,7-10H,3,5-6,16H2,1-2H3,(H,17,19). The van der Waals surface area contributed by atoms with Gasteiger partial charge in [0.25, 0.3) is 5.91 Å². The average molecular weight is 282 g/mol. The van der Waals surface area contributed by atoms with E-state index in [2.05, 4.69) is 19.3 Å². The SMILES string of the molecule is CC1CCCC(C)N1NC(=O)c1cccc(Cl)c1N. The summed E-state index contributed by atoms with van der Waals surface area (Å²) in [4.78, 5) is 12.3. The number of carbonyl (C=O) groups is 1. The Hall–Kier alpha value is -1.26. The van der Waals surface area contributed by atoms with Crippen molar-refractivity contribution in [2.24, 2.45) is 0 Å². The smallest absolute Gasteiger partial charge is 0.267 e. The molecule has 1 aromatic carbocycles. The molecule has 2 atom stereocenters. The summed E-state index contributed by atoms with van der Waals surface area (Å²) in [5.41, 5.74) is 9.57. The zero-order valence-corrected chi connectivity index (χ0v) is 12.1. The maximum absolute atomic E-state index is 12.3. The van der Waals surface area contributed by atoms with Crippen LogP contribution in [0.4, 0.5) is 5.69 Å². The van der Waals surface area contributed by atoms with Crippen LogP contribution in [-0.2, 0) is 0 Å². The van der Waals surface area contributed by atoms with E-state index in [1.807, 2.05) is 5.01 Å². The number of rotatable bonds is 2. The molecule has 0 spiro atoms. The Balaban J connectivity index is 2.14. The van der Waals surface area contributed by atoms with Gasteiger partial charge < -0.3 is 5.73 Å². The van der Waals surface area contributed by atoms with Crippen molar-refractivity contribution in [3.8, 4) is 0 Å². The quantitative estimate of drug-likeness (QED) is 0.820. The molecule has 5 heteroatoms. The summed E-state index contributed by atoms with van der Waals surface area (Å²) >= 11 is 5.94. The highest BCUT2D eigenvalue weighted by Crippen LogP contribution is 2.24. The highest BCUT2D eigenvalue weighted by Gasteiger charge is 2.26. The molecule has 2 unspecified atom stereocenters. The molecule has 1 fully saturated rings. The average Bonchev–Trinajstić information content (AvgIpc) is 2.37. The molecule has 1 aromatic rings. The lowest BCUT2D eigenvalue weighted by molar-refractivity contribution is 0.0370. The number of carbonyl (C=O) groups excluding carboxylic acids is 1. The minimum atomic E-state index is -0.194. The second-order valence-corrected chi connectivity index (χ2v) is 5.59. The molecule has 0 radical (unpaired) electrons. The number of anilines is 1. The summed E-state index contributed by atoms with van der Waals surface area (Å²) in [5, 5.41) is 2.43. The molecule has 0 bridgehead atoms. The number of nitrogens with zero attached hydrogens (tertiary/aromatic N) is 1. The number of benzene rings is 1. The maximum atomic E-state index is 12.3. The predicted octanol–water partition coefficient (Wildman–Crippen LogP) is 2.83. The van der Waals surface area contributed by atoms with Gasteiger partial charge in [0.15, 0.2) is 0 Å². The van der Waals surface area contributed by atoms with E-state index < -0.39 is 0 Å². The van der Waals surface area contributed by atoms with E-state index in [0.717, 1.165) is 12.8 Å². The number of nitrogens with two attached hydrogens (primary N) is 1.